The SMILES string of the molecule is O=Cc1ccc(C2=NCC(c3cc(Cl)cc(Cl)c3)(C(F)(F)F)C2)cc1Cl. The molecular formula is C18H11Cl3F3NO. The summed E-state index contributed by atoms with van der Waals surface area (Å²) in [6.45, 7) is -0.477. The maximum absolute atomic E-state index is 14.0. The molecule has 1 atom stereocenters. The number of hydrogen-bond donors (Lipinski definition) is 0. The maximum atomic E-state index is 14.0. The monoisotopic (exact) mass is 419 g/mol. The van der Waals surface area contributed by atoms with E-state index in [1.54, 1.807) is 0 Å². The Kier molecular flexibility index (Phi) is 5.08. The van der Waals surface area contributed by atoms with Gasteiger partial charge in [0, 0.05) is 27.7 Å². The molecule has 26 heavy (non-hydrogen) atoms. The number of benzene rings is 2. The number of aldehydes is 1. The van der Waals surface area contributed by atoms with E-state index in [4.69, 9.17) is 34.8 Å². The van der Waals surface area contributed by atoms with Gasteiger partial charge < -0.3 is 0 Å². The van der Waals surface area contributed by atoms with Crippen molar-refractivity contribution in [1.29, 1.82) is 0 Å². The van der Waals surface area contributed by atoms with Crippen molar-refractivity contribution in [3.8, 4) is 0 Å². The lowest BCUT2D eigenvalue weighted by Gasteiger charge is -2.31. The number of aliphatic imine (C=N–C) groups is 1. The fraction of sp³-hybridized carbons (Fsp3) is 0.222. The molecule has 2 nitrogen and oxygen atoms in total. The summed E-state index contributed by atoms with van der Waals surface area (Å²) in [7, 11) is 0. The Bertz CT molecular complexity index is 891. The summed E-state index contributed by atoms with van der Waals surface area (Å²) in [5.74, 6) is 0. The van der Waals surface area contributed by atoms with Gasteiger partial charge in [0.2, 0.25) is 0 Å². The highest BCUT2D eigenvalue weighted by Crippen LogP contribution is 2.48. The third-order valence-electron chi connectivity index (χ3n) is 4.43. The highest BCUT2D eigenvalue weighted by Gasteiger charge is 2.58. The minimum Gasteiger partial charge on any atom is -0.298 e. The summed E-state index contributed by atoms with van der Waals surface area (Å²) in [4.78, 5) is 15.0. The molecule has 8 heteroatoms. The van der Waals surface area contributed by atoms with E-state index in [2.05, 4.69) is 4.99 Å². The average Bonchev–Trinajstić information content (AvgIpc) is 3.00. The van der Waals surface area contributed by atoms with Crippen molar-refractivity contribution in [2.45, 2.75) is 18.0 Å². The van der Waals surface area contributed by atoms with Gasteiger partial charge in [0.25, 0.3) is 0 Å². The molecule has 2 aromatic rings. The highest BCUT2D eigenvalue weighted by atomic mass is 35.5. The average molecular weight is 421 g/mol. The van der Waals surface area contributed by atoms with Gasteiger partial charge in [-0.3, -0.25) is 9.79 Å². The molecule has 0 aromatic heterocycles. The molecule has 0 spiro atoms. The molecule has 2 aromatic carbocycles. The molecule has 136 valence electrons. The van der Waals surface area contributed by atoms with Crippen molar-refractivity contribution >= 4 is 46.8 Å². The number of hydrogen-bond acceptors (Lipinski definition) is 2. The molecule has 3 rings (SSSR count). The van der Waals surface area contributed by atoms with Crippen LogP contribution < -0.4 is 0 Å². The lowest BCUT2D eigenvalue weighted by atomic mass is 9.76. The van der Waals surface area contributed by atoms with E-state index >= 15 is 0 Å². The number of carbonyl (C=O) groups excluding carboxylic acids is 1. The van der Waals surface area contributed by atoms with Crippen LogP contribution in [-0.4, -0.2) is 24.7 Å². The Balaban J connectivity index is 2.03. The third-order valence-corrected chi connectivity index (χ3v) is 5.19. The van der Waals surface area contributed by atoms with Gasteiger partial charge in [-0.15, -0.1) is 0 Å². The molecule has 0 amide bonds. The lowest BCUT2D eigenvalue weighted by Crippen LogP contribution is -2.43. The van der Waals surface area contributed by atoms with Crippen molar-refractivity contribution in [2.75, 3.05) is 6.54 Å². The fourth-order valence-electron chi connectivity index (χ4n) is 3.00. The van der Waals surface area contributed by atoms with Crippen molar-refractivity contribution in [2.24, 2.45) is 4.99 Å². The maximum Gasteiger partial charge on any atom is 0.400 e. The van der Waals surface area contributed by atoms with Crippen LogP contribution in [0.25, 0.3) is 0 Å². The van der Waals surface area contributed by atoms with Gasteiger partial charge in [0.05, 0.1) is 11.6 Å². The number of rotatable bonds is 3. The topological polar surface area (TPSA) is 29.4 Å². The summed E-state index contributed by atoms with van der Waals surface area (Å²) in [5, 5.41) is 0.418. The molecule has 0 bridgehead atoms. The van der Waals surface area contributed by atoms with E-state index in [1.165, 1.54) is 36.4 Å². The zero-order chi connectivity index (χ0) is 19.1. The first-order valence-corrected chi connectivity index (χ1v) is 8.61. The van der Waals surface area contributed by atoms with Crippen LogP contribution in [0.15, 0.2) is 41.4 Å². The van der Waals surface area contributed by atoms with Crippen molar-refractivity contribution in [3.05, 3.63) is 68.2 Å². The van der Waals surface area contributed by atoms with E-state index in [9.17, 15) is 18.0 Å². The van der Waals surface area contributed by atoms with Gasteiger partial charge in [-0.05, 0) is 41.5 Å². The second-order valence-electron chi connectivity index (χ2n) is 6.03. The highest BCUT2D eigenvalue weighted by molar-refractivity contribution is 6.34. The minimum absolute atomic E-state index is 0.0307. The van der Waals surface area contributed by atoms with E-state index < -0.39 is 18.1 Å². The van der Waals surface area contributed by atoms with Crippen LogP contribution in [0.5, 0.6) is 0 Å². The molecule has 1 aliphatic rings. The molecule has 1 heterocycles. The van der Waals surface area contributed by atoms with Crippen LogP contribution in [0.3, 0.4) is 0 Å². The largest absolute Gasteiger partial charge is 0.400 e. The third kappa shape index (κ3) is 3.36. The molecular weight excluding hydrogens is 410 g/mol. The second kappa shape index (κ2) is 6.87. The van der Waals surface area contributed by atoms with Crippen molar-refractivity contribution < 1.29 is 18.0 Å². The number of nitrogens with zero attached hydrogens (tertiary/aromatic N) is 1. The number of carbonyl (C=O) groups is 1. The molecule has 0 saturated carbocycles. The van der Waals surface area contributed by atoms with Gasteiger partial charge in [-0.1, -0.05) is 40.9 Å². The first-order chi connectivity index (χ1) is 12.2. The summed E-state index contributed by atoms with van der Waals surface area (Å²) >= 11 is 17.8. The van der Waals surface area contributed by atoms with Crippen LogP contribution in [0.2, 0.25) is 15.1 Å². The van der Waals surface area contributed by atoms with Crippen LogP contribution in [-0.2, 0) is 5.41 Å². The summed E-state index contributed by atoms with van der Waals surface area (Å²) in [6, 6.07) is 8.35. The molecule has 0 radical (unpaired) electrons. The molecule has 0 fully saturated rings. The summed E-state index contributed by atoms with van der Waals surface area (Å²) in [6.07, 6.45) is -4.35. The Morgan fingerprint density at radius 1 is 1.04 bits per heavy atom. The Labute approximate surface area is 162 Å². The predicted octanol–water partition coefficient (Wildman–Crippen LogP) is 6.15. The summed E-state index contributed by atoms with van der Waals surface area (Å²) in [5.41, 5.74) is -1.28. The molecule has 0 N–H and O–H groups in total. The first kappa shape index (κ1) is 19.2. The standard InChI is InChI=1S/C18H11Cl3F3NO/c19-13-4-12(5-14(20)6-13)17(18(22,23)24)7-16(25-9-17)10-1-2-11(8-26)15(21)3-10/h1-6,8H,7,9H2. The van der Waals surface area contributed by atoms with Crippen LogP contribution in [0.4, 0.5) is 13.2 Å². The van der Waals surface area contributed by atoms with Gasteiger partial charge in [0.1, 0.15) is 5.41 Å². The zero-order valence-electron chi connectivity index (χ0n) is 13.1. The van der Waals surface area contributed by atoms with Crippen molar-refractivity contribution in [1.82, 2.24) is 0 Å². The minimum atomic E-state index is -4.56. The summed E-state index contributed by atoms with van der Waals surface area (Å²) < 4.78 is 42.1. The normalized spacial score (nSPS) is 20.2. The van der Waals surface area contributed by atoms with Gasteiger partial charge >= 0.3 is 6.18 Å². The van der Waals surface area contributed by atoms with E-state index in [0.29, 0.717) is 11.8 Å². The van der Waals surface area contributed by atoms with Crippen LogP contribution in [0.1, 0.15) is 27.9 Å². The quantitative estimate of drug-likeness (QED) is 0.547. The molecule has 0 saturated heterocycles. The smallest absolute Gasteiger partial charge is 0.298 e. The fourth-order valence-corrected chi connectivity index (χ4v) is 3.75. The van der Waals surface area contributed by atoms with Gasteiger partial charge in [-0.25, -0.2) is 0 Å². The molecule has 1 aliphatic heterocycles. The zero-order valence-corrected chi connectivity index (χ0v) is 15.3. The second-order valence-corrected chi connectivity index (χ2v) is 7.31. The van der Waals surface area contributed by atoms with Gasteiger partial charge in [0.15, 0.2) is 6.29 Å². The Morgan fingerprint density at radius 2 is 1.69 bits per heavy atom. The Hall–Kier alpha value is -1.56. The van der Waals surface area contributed by atoms with E-state index in [1.807, 2.05) is 0 Å². The number of halogens is 6. The van der Waals surface area contributed by atoms with E-state index in [0.717, 1.165) is 0 Å². The van der Waals surface area contributed by atoms with Crippen molar-refractivity contribution in [3.63, 3.8) is 0 Å². The lowest BCUT2D eigenvalue weighted by molar-refractivity contribution is -0.183. The van der Waals surface area contributed by atoms with Crippen LogP contribution >= 0.6 is 34.8 Å². The predicted molar refractivity (Wildman–Crippen MR) is 97.1 cm³/mol. The first-order valence-electron chi connectivity index (χ1n) is 7.48. The van der Waals surface area contributed by atoms with Gasteiger partial charge in [-0.2, -0.15) is 13.2 Å². The molecule has 0 aliphatic carbocycles. The van der Waals surface area contributed by atoms with E-state index in [-0.39, 0.29) is 38.3 Å². The van der Waals surface area contributed by atoms with Crippen LogP contribution in [0, 0.1) is 0 Å². The Morgan fingerprint density at radius 3 is 2.23 bits per heavy atom. The number of alkyl halides is 3. The molecule has 1 unspecified atom stereocenters.